The smallest absolute Gasteiger partial charge is 0.253 e. The zero-order valence-electron chi connectivity index (χ0n) is 9.86. The Balaban J connectivity index is 2.50. The molecular formula is C13H18N2O. The third kappa shape index (κ3) is 1.71. The zero-order chi connectivity index (χ0) is 11.7. The third-order valence-electron chi connectivity index (χ3n) is 3.32. The van der Waals surface area contributed by atoms with E-state index in [2.05, 4.69) is 19.1 Å². The molecule has 0 aromatic heterocycles. The molecule has 2 N–H and O–H groups in total. The van der Waals surface area contributed by atoms with Crippen molar-refractivity contribution in [1.29, 1.82) is 0 Å². The van der Waals surface area contributed by atoms with Gasteiger partial charge in [-0.3, -0.25) is 4.79 Å². The summed E-state index contributed by atoms with van der Waals surface area (Å²) in [7, 11) is 1.84. The van der Waals surface area contributed by atoms with Gasteiger partial charge in [0.15, 0.2) is 0 Å². The fourth-order valence-electron chi connectivity index (χ4n) is 2.28. The highest BCUT2D eigenvalue weighted by Crippen LogP contribution is 2.27. The van der Waals surface area contributed by atoms with Crippen LogP contribution >= 0.6 is 0 Å². The van der Waals surface area contributed by atoms with Crippen LogP contribution in [0.5, 0.6) is 0 Å². The Labute approximate surface area is 96.2 Å². The van der Waals surface area contributed by atoms with Crippen LogP contribution in [-0.2, 0) is 6.42 Å². The van der Waals surface area contributed by atoms with Crippen molar-refractivity contribution in [1.82, 2.24) is 4.90 Å². The van der Waals surface area contributed by atoms with Gasteiger partial charge < -0.3 is 10.6 Å². The van der Waals surface area contributed by atoms with E-state index < -0.39 is 0 Å². The van der Waals surface area contributed by atoms with Gasteiger partial charge in [-0.15, -0.1) is 0 Å². The number of fused-ring (bicyclic) bond motifs is 1. The van der Waals surface area contributed by atoms with E-state index >= 15 is 0 Å². The van der Waals surface area contributed by atoms with Crippen molar-refractivity contribution in [2.24, 2.45) is 5.73 Å². The van der Waals surface area contributed by atoms with Crippen LogP contribution in [0.3, 0.4) is 0 Å². The summed E-state index contributed by atoms with van der Waals surface area (Å²) in [5.74, 6) is 0.401. The fourth-order valence-corrected chi connectivity index (χ4v) is 2.28. The predicted octanol–water partition coefficient (Wildman–Crippen LogP) is 1.38. The molecule has 16 heavy (non-hydrogen) atoms. The first kappa shape index (κ1) is 11.1. The first-order valence-corrected chi connectivity index (χ1v) is 5.75. The van der Waals surface area contributed by atoms with Crippen LogP contribution in [0.2, 0.25) is 0 Å². The van der Waals surface area contributed by atoms with Crippen LogP contribution in [0, 0.1) is 0 Å². The lowest BCUT2D eigenvalue weighted by Gasteiger charge is -2.31. The molecule has 1 aromatic rings. The number of likely N-dealkylation sites (N-methyl/N-ethyl adjacent to an activating group) is 1. The van der Waals surface area contributed by atoms with Gasteiger partial charge in [-0.05, 0) is 23.6 Å². The number of hydrogen-bond acceptors (Lipinski definition) is 2. The highest BCUT2D eigenvalue weighted by atomic mass is 16.2. The van der Waals surface area contributed by atoms with E-state index in [-0.39, 0.29) is 11.8 Å². The van der Waals surface area contributed by atoms with Gasteiger partial charge in [-0.1, -0.05) is 19.1 Å². The summed E-state index contributed by atoms with van der Waals surface area (Å²) in [6, 6.07) is 6.17. The summed E-state index contributed by atoms with van der Waals surface area (Å²) < 4.78 is 0. The fraction of sp³-hybridized carbons (Fsp3) is 0.462. The molecule has 0 saturated heterocycles. The minimum absolute atomic E-state index is 0.120. The van der Waals surface area contributed by atoms with E-state index in [4.69, 9.17) is 5.73 Å². The Hall–Kier alpha value is -1.35. The SMILES string of the molecule is CCc1ccc2c(c1)C(=O)N(C)CC2CN. The maximum atomic E-state index is 12.0. The molecule has 0 aliphatic carbocycles. The Kier molecular flexibility index (Phi) is 2.97. The summed E-state index contributed by atoms with van der Waals surface area (Å²) in [6.07, 6.45) is 0.956. The molecular weight excluding hydrogens is 200 g/mol. The number of carbonyl (C=O) groups excluding carboxylic acids is 1. The summed E-state index contributed by atoms with van der Waals surface area (Å²) in [5.41, 5.74) is 8.92. The average Bonchev–Trinajstić information content (AvgIpc) is 2.33. The van der Waals surface area contributed by atoms with Crippen molar-refractivity contribution in [3.05, 3.63) is 34.9 Å². The van der Waals surface area contributed by atoms with Crippen molar-refractivity contribution in [2.75, 3.05) is 20.1 Å². The lowest BCUT2D eigenvalue weighted by atomic mass is 9.88. The summed E-state index contributed by atoms with van der Waals surface area (Å²) in [6.45, 7) is 3.42. The van der Waals surface area contributed by atoms with Crippen molar-refractivity contribution in [3.63, 3.8) is 0 Å². The van der Waals surface area contributed by atoms with Crippen LogP contribution in [0.15, 0.2) is 18.2 Å². The Morgan fingerprint density at radius 3 is 2.88 bits per heavy atom. The van der Waals surface area contributed by atoms with Crippen molar-refractivity contribution < 1.29 is 4.79 Å². The largest absolute Gasteiger partial charge is 0.341 e. The van der Waals surface area contributed by atoms with E-state index in [1.807, 2.05) is 13.1 Å². The molecule has 1 aliphatic heterocycles. The second kappa shape index (κ2) is 4.26. The monoisotopic (exact) mass is 218 g/mol. The standard InChI is InChI=1S/C13H18N2O/c1-3-9-4-5-11-10(7-14)8-15(2)13(16)12(11)6-9/h4-6,10H,3,7-8,14H2,1-2H3. The van der Waals surface area contributed by atoms with Gasteiger partial charge in [0.25, 0.3) is 5.91 Å². The van der Waals surface area contributed by atoms with E-state index in [1.165, 1.54) is 5.56 Å². The normalized spacial score (nSPS) is 19.8. The lowest BCUT2D eigenvalue weighted by Crippen LogP contribution is -2.39. The molecule has 0 fully saturated rings. The molecule has 3 heteroatoms. The van der Waals surface area contributed by atoms with Crippen molar-refractivity contribution >= 4 is 5.91 Å². The Morgan fingerprint density at radius 2 is 2.25 bits per heavy atom. The zero-order valence-corrected chi connectivity index (χ0v) is 9.86. The first-order valence-electron chi connectivity index (χ1n) is 5.75. The second-order valence-electron chi connectivity index (χ2n) is 4.39. The number of benzene rings is 1. The van der Waals surface area contributed by atoms with Gasteiger partial charge >= 0.3 is 0 Å². The van der Waals surface area contributed by atoms with Gasteiger partial charge in [0.2, 0.25) is 0 Å². The summed E-state index contributed by atoms with van der Waals surface area (Å²) in [4.78, 5) is 13.8. The van der Waals surface area contributed by atoms with Crippen LogP contribution in [0.1, 0.15) is 34.3 Å². The molecule has 0 spiro atoms. The topological polar surface area (TPSA) is 46.3 Å². The average molecular weight is 218 g/mol. The van der Waals surface area contributed by atoms with Crippen LogP contribution < -0.4 is 5.73 Å². The number of rotatable bonds is 2. The predicted molar refractivity (Wildman–Crippen MR) is 64.6 cm³/mol. The van der Waals surface area contributed by atoms with E-state index in [0.29, 0.717) is 6.54 Å². The molecule has 0 bridgehead atoms. The molecule has 3 nitrogen and oxygen atoms in total. The van der Waals surface area contributed by atoms with Gasteiger partial charge in [0.1, 0.15) is 0 Å². The molecule has 0 radical (unpaired) electrons. The highest BCUT2D eigenvalue weighted by Gasteiger charge is 2.28. The molecule has 1 aliphatic rings. The molecule has 1 unspecified atom stereocenters. The van der Waals surface area contributed by atoms with Crippen LogP contribution in [0.4, 0.5) is 0 Å². The molecule has 0 saturated carbocycles. The van der Waals surface area contributed by atoms with Gasteiger partial charge in [-0.2, -0.15) is 0 Å². The maximum absolute atomic E-state index is 12.0. The summed E-state index contributed by atoms with van der Waals surface area (Å²) in [5, 5.41) is 0. The molecule has 1 heterocycles. The third-order valence-corrected chi connectivity index (χ3v) is 3.32. The minimum Gasteiger partial charge on any atom is -0.341 e. The van der Waals surface area contributed by atoms with Gasteiger partial charge in [0.05, 0.1) is 0 Å². The van der Waals surface area contributed by atoms with E-state index in [0.717, 1.165) is 24.1 Å². The summed E-state index contributed by atoms with van der Waals surface area (Å²) >= 11 is 0. The number of carbonyl (C=O) groups is 1. The molecule has 1 aromatic carbocycles. The second-order valence-corrected chi connectivity index (χ2v) is 4.39. The van der Waals surface area contributed by atoms with Gasteiger partial charge in [0, 0.05) is 31.6 Å². The van der Waals surface area contributed by atoms with Crippen LogP contribution in [0.25, 0.3) is 0 Å². The van der Waals surface area contributed by atoms with Crippen LogP contribution in [-0.4, -0.2) is 30.9 Å². The lowest BCUT2D eigenvalue weighted by molar-refractivity contribution is 0.0766. The number of nitrogens with zero attached hydrogens (tertiary/aromatic N) is 1. The molecule has 1 atom stereocenters. The first-order chi connectivity index (χ1) is 7.67. The van der Waals surface area contributed by atoms with Gasteiger partial charge in [-0.25, -0.2) is 0 Å². The van der Waals surface area contributed by atoms with Crippen molar-refractivity contribution in [2.45, 2.75) is 19.3 Å². The minimum atomic E-state index is 0.120. The Morgan fingerprint density at radius 1 is 1.50 bits per heavy atom. The number of hydrogen-bond donors (Lipinski definition) is 1. The Bertz CT molecular complexity index is 414. The van der Waals surface area contributed by atoms with Crippen molar-refractivity contribution in [3.8, 4) is 0 Å². The maximum Gasteiger partial charge on any atom is 0.253 e. The molecule has 2 rings (SSSR count). The molecule has 1 amide bonds. The molecule has 86 valence electrons. The number of amides is 1. The van der Waals surface area contributed by atoms with E-state index in [1.54, 1.807) is 4.90 Å². The quantitative estimate of drug-likeness (QED) is 0.815. The highest BCUT2D eigenvalue weighted by molar-refractivity contribution is 5.97. The van der Waals surface area contributed by atoms with E-state index in [9.17, 15) is 4.79 Å². The number of nitrogens with two attached hydrogens (primary N) is 1. The number of aryl methyl sites for hydroxylation is 1.